The van der Waals surface area contributed by atoms with E-state index < -0.39 is 0 Å². The summed E-state index contributed by atoms with van der Waals surface area (Å²) in [4.78, 5) is 2.17. The van der Waals surface area contributed by atoms with Gasteiger partial charge in [-0.05, 0) is 45.1 Å². The predicted octanol–water partition coefficient (Wildman–Crippen LogP) is 2.84. The molecule has 0 saturated heterocycles. The molecular formula is C13H21NOS. The van der Waals surface area contributed by atoms with E-state index in [1.54, 1.807) is 7.11 Å². The molecule has 0 aliphatic rings. The van der Waals surface area contributed by atoms with Gasteiger partial charge in [0.15, 0.2) is 0 Å². The summed E-state index contributed by atoms with van der Waals surface area (Å²) in [5, 5.41) is 0. The fourth-order valence-corrected chi connectivity index (χ4v) is 2.31. The third-order valence-corrected chi connectivity index (χ3v) is 3.35. The lowest BCUT2D eigenvalue weighted by Gasteiger charge is -2.25. The lowest BCUT2D eigenvalue weighted by Crippen LogP contribution is -2.22. The highest BCUT2D eigenvalue weighted by molar-refractivity contribution is 7.80. The molecule has 1 rings (SSSR count). The van der Waals surface area contributed by atoms with E-state index in [1.165, 1.54) is 16.7 Å². The lowest BCUT2D eigenvalue weighted by molar-refractivity contribution is 0.313. The number of nitrogens with zero attached hydrogens (tertiary/aromatic N) is 1. The van der Waals surface area contributed by atoms with E-state index in [-0.39, 0.29) is 6.04 Å². The molecule has 3 heteroatoms. The average Bonchev–Trinajstić information content (AvgIpc) is 2.23. The Morgan fingerprint density at radius 2 is 1.81 bits per heavy atom. The van der Waals surface area contributed by atoms with Gasteiger partial charge in [0.1, 0.15) is 5.75 Å². The van der Waals surface area contributed by atoms with Crippen LogP contribution in [0.1, 0.15) is 22.7 Å². The molecule has 0 spiro atoms. The van der Waals surface area contributed by atoms with Crippen molar-refractivity contribution in [2.24, 2.45) is 0 Å². The SMILES string of the molecule is COc1cc(C)c(C)cc1C(CS)N(C)C. The molecule has 0 N–H and O–H groups in total. The van der Waals surface area contributed by atoms with Crippen molar-refractivity contribution >= 4 is 12.6 Å². The maximum Gasteiger partial charge on any atom is 0.123 e. The first-order valence-electron chi connectivity index (χ1n) is 5.43. The van der Waals surface area contributed by atoms with Gasteiger partial charge in [-0.1, -0.05) is 6.07 Å². The summed E-state index contributed by atoms with van der Waals surface area (Å²) in [7, 11) is 5.85. The zero-order valence-electron chi connectivity index (χ0n) is 10.7. The molecule has 0 heterocycles. The number of benzene rings is 1. The Bertz CT molecular complexity index is 363. The Labute approximate surface area is 104 Å². The van der Waals surface area contributed by atoms with E-state index >= 15 is 0 Å². The minimum absolute atomic E-state index is 0.289. The van der Waals surface area contributed by atoms with Crippen molar-refractivity contribution < 1.29 is 4.74 Å². The standard InChI is InChI=1S/C13H21NOS/c1-9-6-11(12(8-16)14(3)4)13(15-5)7-10(9)2/h6-7,12,16H,8H2,1-5H3. The second kappa shape index (κ2) is 5.60. The first-order chi connectivity index (χ1) is 7.51. The van der Waals surface area contributed by atoms with Crippen LogP contribution in [0, 0.1) is 13.8 Å². The molecule has 1 unspecified atom stereocenters. The molecule has 0 fully saturated rings. The molecule has 0 amide bonds. The van der Waals surface area contributed by atoms with Crippen LogP contribution in [0.4, 0.5) is 0 Å². The van der Waals surface area contributed by atoms with Gasteiger partial charge in [-0.2, -0.15) is 12.6 Å². The van der Waals surface area contributed by atoms with Crippen molar-refractivity contribution in [2.45, 2.75) is 19.9 Å². The first-order valence-corrected chi connectivity index (χ1v) is 6.07. The third-order valence-electron chi connectivity index (χ3n) is 3.00. The van der Waals surface area contributed by atoms with E-state index in [0.717, 1.165) is 11.5 Å². The number of hydrogen-bond acceptors (Lipinski definition) is 3. The second-order valence-corrected chi connectivity index (χ2v) is 4.71. The van der Waals surface area contributed by atoms with Crippen LogP contribution in [0.5, 0.6) is 5.75 Å². The number of methoxy groups -OCH3 is 1. The van der Waals surface area contributed by atoms with Gasteiger partial charge in [0.25, 0.3) is 0 Å². The summed E-state index contributed by atoms with van der Waals surface area (Å²) in [5.74, 6) is 1.74. The van der Waals surface area contributed by atoms with Gasteiger partial charge in [0.2, 0.25) is 0 Å². The minimum Gasteiger partial charge on any atom is -0.496 e. The van der Waals surface area contributed by atoms with E-state index in [0.29, 0.717) is 0 Å². The molecular weight excluding hydrogens is 218 g/mol. The Morgan fingerprint density at radius 3 is 2.25 bits per heavy atom. The molecule has 2 nitrogen and oxygen atoms in total. The Morgan fingerprint density at radius 1 is 1.25 bits per heavy atom. The molecule has 1 aromatic carbocycles. The fraction of sp³-hybridized carbons (Fsp3) is 0.538. The number of aryl methyl sites for hydroxylation is 2. The smallest absolute Gasteiger partial charge is 0.123 e. The molecule has 16 heavy (non-hydrogen) atoms. The maximum absolute atomic E-state index is 5.45. The summed E-state index contributed by atoms with van der Waals surface area (Å²) >= 11 is 4.42. The Kier molecular flexibility index (Phi) is 4.69. The second-order valence-electron chi connectivity index (χ2n) is 4.34. The summed E-state index contributed by atoms with van der Waals surface area (Å²) in [6, 6.07) is 4.59. The highest BCUT2D eigenvalue weighted by atomic mass is 32.1. The highest BCUT2D eigenvalue weighted by Gasteiger charge is 2.17. The van der Waals surface area contributed by atoms with Crippen LogP contribution in [0.3, 0.4) is 0 Å². The van der Waals surface area contributed by atoms with Crippen molar-refractivity contribution in [1.82, 2.24) is 4.90 Å². The normalized spacial score (nSPS) is 12.9. The molecule has 1 atom stereocenters. The van der Waals surface area contributed by atoms with Crippen molar-refractivity contribution in [3.05, 3.63) is 28.8 Å². The van der Waals surface area contributed by atoms with Crippen LogP contribution in [-0.2, 0) is 0 Å². The van der Waals surface area contributed by atoms with E-state index in [1.807, 2.05) is 0 Å². The van der Waals surface area contributed by atoms with Crippen LogP contribution in [0.2, 0.25) is 0 Å². The lowest BCUT2D eigenvalue weighted by atomic mass is 10.00. The van der Waals surface area contributed by atoms with E-state index in [2.05, 4.69) is 57.6 Å². The predicted molar refractivity (Wildman–Crippen MR) is 72.7 cm³/mol. The molecule has 0 aliphatic heterocycles. The zero-order valence-corrected chi connectivity index (χ0v) is 11.6. The number of thiol groups is 1. The summed E-state index contributed by atoms with van der Waals surface area (Å²) in [6.45, 7) is 4.23. The summed E-state index contributed by atoms with van der Waals surface area (Å²) in [5.41, 5.74) is 3.77. The van der Waals surface area contributed by atoms with Crippen LogP contribution in [0.25, 0.3) is 0 Å². The van der Waals surface area contributed by atoms with Gasteiger partial charge in [-0.25, -0.2) is 0 Å². The van der Waals surface area contributed by atoms with Crippen LogP contribution >= 0.6 is 12.6 Å². The van der Waals surface area contributed by atoms with Crippen molar-refractivity contribution in [3.63, 3.8) is 0 Å². The third kappa shape index (κ3) is 2.71. The van der Waals surface area contributed by atoms with Crippen molar-refractivity contribution in [3.8, 4) is 5.75 Å². The van der Waals surface area contributed by atoms with Crippen molar-refractivity contribution in [2.75, 3.05) is 27.0 Å². The van der Waals surface area contributed by atoms with Gasteiger partial charge >= 0.3 is 0 Å². The van der Waals surface area contributed by atoms with Crippen LogP contribution < -0.4 is 4.74 Å². The quantitative estimate of drug-likeness (QED) is 0.811. The molecule has 90 valence electrons. The topological polar surface area (TPSA) is 12.5 Å². The fourth-order valence-electron chi connectivity index (χ4n) is 1.79. The first kappa shape index (κ1) is 13.4. The zero-order chi connectivity index (χ0) is 12.3. The van der Waals surface area contributed by atoms with Gasteiger partial charge in [-0.15, -0.1) is 0 Å². The maximum atomic E-state index is 5.45. The van der Waals surface area contributed by atoms with E-state index in [9.17, 15) is 0 Å². The van der Waals surface area contributed by atoms with Crippen LogP contribution in [0.15, 0.2) is 12.1 Å². The summed E-state index contributed by atoms with van der Waals surface area (Å²) in [6.07, 6.45) is 0. The number of ether oxygens (including phenoxy) is 1. The van der Waals surface area contributed by atoms with Gasteiger partial charge in [0.05, 0.1) is 7.11 Å². The minimum atomic E-state index is 0.289. The van der Waals surface area contributed by atoms with Crippen LogP contribution in [-0.4, -0.2) is 31.9 Å². The van der Waals surface area contributed by atoms with Crippen molar-refractivity contribution in [1.29, 1.82) is 0 Å². The Hall–Kier alpha value is -0.670. The van der Waals surface area contributed by atoms with E-state index in [4.69, 9.17) is 4.74 Å². The largest absolute Gasteiger partial charge is 0.496 e. The Balaban J connectivity index is 3.24. The highest BCUT2D eigenvalue weighted by Crippen LogP contribution is 2.31. The molecule has 0 aliphatic carbocycles. The summed E-state index contributed by atoms with van der Waals surface area (Å²) < 4.78 is 5.45. The molecule has 0 radical (unpaired) electrons. The molecule has 0 aromatic heterocycles. The van der Waals surface area contributed by atoms with Gasteiger partial charge < -0.3 is 9.64 Å². The van der Waals surface area contributed by atoms with Gasteiger partial charge in [0, 0.05) is 17.4 Å². The number of rotatable bonds is 4. The average molecular weight is 239 g/mol. The molecule has 1 aromatic rings. The van der Waals surface area contributed by atoms with Gasteiger partial charge in [-0.3, -0.25) is 0 Å². The monoisotopic (exact) mass is 239 g/mol. The molecule has 0 bridgehead atoms. The molecule has 0 saturated carbocycles. The number of hydrogen-bond donors (Lipinski definition) is 1.